The normalized spacial score (nSPS) is 13.8. The molecule has 0 radical (unpaired) electrons. The van der Waals surface area contributed by atoms with Crippen LogP contribution in [0.2, 0.25) is 0 Å². The molecule has 7 heteroatoms. The van der Waals surface area contributed by atoms with Gasteiger partial charge in [-0.2, -0.15) is 0 Å². The van der Waals surface area contributed by atoms with Crippen LogP contribution < -0.4 is 16.8 Å². The summed E-state index contributed by atoms with van der Waals surface area (Å²) in [4.78, 5) is 33.0. The van der Waals surface area contributed by atoms with Crippen molar-refractivity contribution in [1.82, 2.24) is 5.32 Å². The van der Waals surface area contributed by atoms with Crippen LogP contribution >= 0.6 is 0 Å². The van der Waals surface area contributed by atoms with Gasteiger partial charge >= 0.3 is 5.97 Å². The van der Waals surface area contributed by atoms with Gasteiger partial charge in [0.2, 0.25) is 11.8 Å². The zero-order valence-electron chi connectivity index (χ0n) is 9.81. The van der Waals surface area contributed by atoms with Gasteiger partial charge in [0, 0.05) is 18.9 Å². The summed E-state index contributed by atoms with van der Waals surface area (Å²) in [6.45, 7) is 1.95. The topological polar surface area (TPSA) is 136 Å². The minimum absolute atomic E-state index is 0.0165. The molecular weight excluding hydrogens is 226 g/mol. The average molecular weight is 245 g/mol. The highest BCUT2D eigenvalue weighted by Crippen LogP contribution is 2.03. The summed E-state index contributed by atoms with van der Waals surface area (Å²) in [5.41, 5.74) is 10.3. The number of nitrogens with two attached hydrogens (primary N) is 2. The van der Waals surface area contributed by atoms with Crippen LogP contribution in [0.5, 0.6) is 0 Å². The first kappa shape index (κ1) is 15.4. The van der Waals surface area contributed by atoms with Crippen LogP contribution in [-0.4, -0.2) is 35.5 Å². The van der Waals surface area contributed by atoms with Gasteiger partial charge in [-0.25, -0.2) is 4.79 Å². The number of carbonyl (C=O) groups is 3. The van der Waals surface area contributed by atoms with E-state index < -0.39 is 29.7 Å². The molecule has 0 aromatic heterocycles. The maximum absolute atomic E-state index is 11.6. The predicted molar refractivity (Wildman–Crippen MR) is 60.8 cm³/mol. The molecule has 2 unspecified atom stereocenters. The monoisotopic (exact) mass is 245 g/mol. The third-order valence-corrected chi connectivity index (χ3v) is 2.44. The van der Waals surface area contributed by atoms with Crippen molar-refractivity contribution in [3.8, 4) is 0 Å². The highest BCUT2D eigenvalue weighted by molar-refractivity contribution is 5.85. The number of primary amides is 1. The highest BCUT2D eigenvalue weighted by atomic mass is 16.4. The quantitative estimate of drug-likeness (QED) is 0.426. The molecular formula is C10H19N3O4. The number of carboxylic acid groups (broad SMARTS) is 1. The fourth-order valence-electron chi connectivity index (χ4n) is 1.29. The zero-order valence-corrected chi connectivity index (χ0v) is 9.81. The van der Waals surface area contributed by atoms with E-state index in [1.54, 1.807) is 6.92 Å². The molecule has 0 aromatic rings. The number of hydrogen-bond acceptors (Lipinski definition) is 4. The van der Waals surface area contributed by atoms with Crippen molar-refractivity contribution in [2.45, 2.75) is 32.2 Å². The van der Waals surface area contributed by atoms with E-state index >= 15 is 0 Å². The third kappa shape index (κ3) is 5.86. The molecule has 0 heterocycles. The van der Waals surface area contributed by atoms with Crippen molar-refractivity contribution < 1.29 is 19.5 Å². The van der Waals surface area contributed by atoms with Crippen molar-refractivity contribution in [2.24, 2.45) is 17.4 Å². The Morgan fingerprint density at radius 1 is 1.35 bits per heavy atom. The van der Waals surface area contributed by atoms with Gasteiger partial charge in [-0.3, -0.25) is 9.59 Å². The number of aliphatic carboxylic acids is 1. The molecule has 0 aliphatic heterocycles. The molecule has 0 bridgehead atoms. The van der Waals surface area contributed by atoms with Gasteiger partial charge < -0.3 is 21.9 Å². The van der Waals surface area contributed by atoms with E-state index in [0.717, 1.165) is 0 Å². The molecule has 0 saturated heterocycles. The van der Waals surface area contributed by atoms with Crippen LogP contribution in [-0.2, 0) is 14.4 Å². The van der Waals surface area contributed by atoms with E-state index in [9.17, 15) is 14.4 Å². The van der Waals surface area contributed by atoms with Crippen LogP contribution in [0.15, 0.2) is 0 Å². The Hall–Kier alpha value is -1.63. The minimum Gasteiger partial charge on any atom is -0.480 e. The fraction of sp³-hybridized carbons (Fsp3) is 0.700. The Morgan fingerprint density at radius 3 is 2.29 bits per heavy atom. The molecule has 0 rings (SSSR count). The van der Waals surface area contributed by atoms with Gasteiger partial charge in [0.1, 0.15) is 6.04 Å². The van der Waals surface area contributed by atoms with Crippen LogP contribution in [0.3, 0.4) is 0 Å². The van der Waals surface area contributed by atoms with Gasteiger partial charge in [0.15, 0.2) is 0 Å². The molecule has 17 heavy (non-hydrogen) atoms. The van der Waals surface area contributed by atoms with E-state index in [2.05, 4.69) is 5.32 Å². The Balaban J connectivity index is 4.38. The Labute approximate surface area is 99.5 Å². The molecule has 2 amide bonds. The summed E-state index contributed by atoms with van der Waals surface area (Å²) in [5.74, 6) is -2.61. The minimum atomic E-state index is -1.19. The summed E-state index contributed by atoms with van der Waals surface area (Å²) in [6, 6.07) is -1.10. The molecule has 0 fully saturated rings. The molecule has 0 aromatic carbocycles. The van der Waals surface area contributed by atoms with Crippen LogP contribution in [0.4, 0.5) is 0 Å². The molecule has 0 aliphatic rings. The average Bonchev–Trinajstić information content (AvgIpc) is 2.25. The largest absolute Gasteiger partial charge is 0.480 e. The van der Waals surface area contributed by atoms with E-state index in [1.165, 1.54) is 0 Å². The lowest BCUT2D eigenvalue weighted by Gasteiger charge is -2.17. The second-order valence-electron chi connectivity index (χ2n) is 3.75. The van der Waals surface area contributed by atoms with E-state index in [1.807, 2.05) is 0 Å². The second kappa shape index (κ2) is 7.61. The molecule has 6 N–H and O–H groups in total. The maximum atomic E-state index is 11.6. The van der Waals surface area contributed by atoms with Crippen LogP contribution in [0, 0.1) is 5.92 Å². The smallest absolute Gasteiger partial charge is 0.326 e. The first-order valence-electron chi connectivity index (χ1n) is 5.43. The van der Waals surface area contributed by atoms with Crippen LogP contribution in [0.25, 0.3) is 0 Å². The Morgan fingerprint density at radius 2 is 1.94 bits per heavy atom. The van der Waals surface area contributed by atoms with Gasteiger partial charge in [-0.15, -0.1) is 0 Å². The summed E-state index contributed by atoms with van der Waals surface area (Å²) < 4.78 is 0. The number of carbonyl (C=O) groups excluding carboxylic acids is 2. The third-order valence-electron chi connectivity index (χ3n) is 2.44. The molecule has 0 spiro atoms. The molecule has 0 aliphatic carbocycles. The van der Waals surface area contributed by atoms with Crippen molar-refractivity contribution in [3.63, 3.8) is 0 Å². The highest BCUT2D eigenvalue weighted by Gasteiger charge is 2.23. The van der Waals surface area contributed by atoms with Crippen molar-refractivity contribution in [3.05, 3.63) is 0 Å². The molecule has 0 saturated carbocycles. The summed E-state index contributed by atoms with van der Waals surface area (Å²) in [6.07, 6.45) is 0.429. The zero-order chi connectivity index (χ0) is 13.4. The first-order chi connectivity index (χ1) is 7.92. The number of hydrogen-bond donors (Lipinski definition) is 4. The van der Waals surface area contributed by atoms with Gasteiger partial charge in [-0.05, 0) is 12.8 Å². The van der Waals surface area contributed by atoms with E-state index in [4.69, 9.17) is 16.6 Å². The predicted octanol–water partition coefficient (Wildman–Crippen LogP) is -1.19. The second-order valence-corrected chi connectivity index (χ2v) is 3.75. The fourth-order valence-corrected chi connectivity index (χ4v) is 1.29. The lowest BCUT2D eigenvalue weighted by molar-refractivity contribution is -0.142. The van der Waals surface area contributed by atoms with Gasteiger partial charge in [-0.1, -0.05) is 6.92 Å². The SMILES string of the molecule is CCC(CN)C(=O)NC(CCC(N)=O)C(=O)O. The Kier molecular flexibility index (Phi) is 6.88. The molecule has 7 nitrogen and oxygen atoms in total. The van der Waals surface area contributed by atoms with Crippen molar-refractivity contribution in [2.75, 3.05) is 6.54 Å². The molecule has 98 valence electrons. The summed E-state index contributed by atoms with van der Waals surface area (Å²) in [7, 11) is 0. The number of carboxylic acids is 1. The van der Waals surface area contributed by atoms with Crippen LogP contribution in [0.1, 0.15) is 26.2 Å². The standard InChI is InChI=1S/C10H19N3O4/c1-2-6(5-11)9(15)13-7(10(16)17)3-4-8(12)14/h6-7H,2-5,11H2,1H3,(H2,12,14)(H,13,15)(H,16,17). The first-order valence-corrected chi connectivity index (χ1v) is 5.43. The van der Waals surface area contributed by atoms with E-state index in [-0.39, 0.29) is 19.4 Å². The lowest BCUT2D eigenvalue weighted by Crippen LogP contribution is -2.45. The van der Waals surface area contributed by atoms with Crippen molar-refractivity contribution >= 4 is 17.8 Å². The van der Waals surface area contributed by atoms with Gasteiger partial charge in [0.05, 0.1) is 0 Å². The number of nitrogens with one attached hydrogen (secondary N) is 1. The Bertz CT molecular complexity index is 289. The lowest BCUT2D eigenvalue weighted by atomic mass is 10.0. The number of rotatable bonds is 8. The summed E-state index contributed by atoms with van der Waals surface area (Å²) >= 11 is 0. The van der Waals surface area contributed by atoms with Gasteiger partial charge in [0.25, 0.3) is 0 Å². The number of amides is 2. The molecule has 2 atom stereocenters. The summed E-state index contributed by atoms with van der Waals surface area (Å²) in [5, 5.41) is 11.2. The van der Waals surface area contributed by atoms with Crippen molar-refractivity contribution in [1.29, 1.82) is 0 Å². The van der Waals surface area contributed by atoms with E-state index in [0.29, 0.717) is 6.42 Å². The maximum Gasteiger partial charge on any atom is 0.326 e.